The van der Waals surface area contributed by atoms with Gasteiger partial charge < -0.3 is 10.1 Å². The normalized spacial score (nSPS) is 16.9. The van der Waals surface area contributed by atoms with Crippen LogP contribution in [-0.4, -0.2) is 24.1 Å². The van der Waals surface area contributed by atoms with Crippen molar-refractivity contribution in [1.82, 2.24) is 4.98 Å². The molecule has 0 aromatic carbocycles. The van der Waals surface area contributed by atoms with Crippen LogP contribution in [0.15, 0.2) is 5.38 Å². The van der Waals surface area contributed by atoms with Crippen molar-refractivity contribution in [2.75, 3.05) is 12.4 Å². The molecule has 1 fully saturated rings. The van der Waals surface area contributed by atoms with Crippen molar-refractivity contribution in [1.29, 1.82) is 0 Å². The number of carbonyl (C=O) groups is 1. The maximum absolute atomic E-state index is 11.1. The number of methoxy groups -OCH3 is 1. The van der Waals surface area contributed by atoms with Crippen LogP contribution in [0, 0.1) is 5.92 Å². The number of hydrogen-bond donors (Lipinski definition) is 1. The lowest BCUT2D eigenvalue weighted by molar-refractivity contribution is -0.139. The van der Waals surface area contributed by atoms with Crippen LogP contribution in [0.1, 0.15) is 25.5 Å². The van der Waals surface area contributed by atoms with Crippen LogP contribution in [0.25, 0.3) is 0 Å². The predicted octanol–water partition coefficient (Wildman–Crippen LogP) is 2.07. The maximum Gasteiger partial charge on any atom is 0.311 e. The van der Waals surface area contributed by atoms with Crippen LogP contribution < -0.4 is 5.32 Å². The average Bonchev–Trinajstić information content (AvgIpc) is 3.03. The smallest absolute Gasteiger partial charge is 0.311 e. The lowest BCUT2D eigenvalue weighted by Gasteiger charge is -2.10. The number of nitrogens with zero attached hydrogens (tertiary/aromatic N) is 1. The largest absolute Gasteiger partial charge is 0.469 e. The fraction of sp³-hybridized carbons (Fsp3) is 0.636. The van der Waals surface area contributed by atoms with Gasteiger partial charge in [-0.05, 0) is 25.7 Å². The van der Waals surface area contributed by atoms with Crippen molar-refractivity contribution < 1.29 is 9.53 Å². The first-order valence-corrected chi connectivity index (χ1v) is 6.34. The standard InChI is InChI=1S/C11H16N2O2S/c1-7(8-3-4-8)12-11-13-9(6-16-11)5-10(14)15-2/h6-8H,3-5H2,1-2H3,(H,12,13). The topological polar surface area (TPSA) is 51.2 Å². The highest BCUT2D eigenvalue weighted by atomic mass is 32.1. The molecule has 1 heterocycles. The van der Waals surface area contributed by atoms with Crippen molar-refractivity contribution in [3.05, 3.63) is 11.1 Å². The van der Waals surface area contributed by atoms with Crippen molar-refractivity contribution in [3.63, 3.8) is 0 Å². The van der Waals surface area contributed by atoms with Gasteiger partial charge in [-0.3, -0.25) is 4.79 Å². The van der Waals surface area contributed by atoms with E-state index in [2.05, 4.69) is 22.0 Å². The Balaban J connectivity index is 1.88. The molecule has 1 saturated carbocycles. The van der Waals surface area contributed by atoms with Crippen LogP contribution in [-0.2, 0) is 16.0 Å². The molecule has 1 unspecified atom stereocenters. The fourth-order valence-electron chi connectivity index (χ4n) is 1.58. The van der Waals surface area contributed by atoms with E-state index in [4.69, 9.17) is 0 Å². The van der Waals surface area contributed by atoms with Crippen molar-refractivity contribution >= 4 is 22.4 Å². The number of aromatic nitrogens is 1. The van der Waals surface area contributed by atoms with Gasteiger partial charge >= 0.3 is 5.97 Å². The summed E-state index contributed by atoms with van der Waals surface area (Å²) in [5, 5.41) is 6.17. The summed E-state index contributed by atoms with van der Waals surface area (Å²) < 4.78 is 4.60. The molecule has 4 nitrogen and oxygen atoms in total. The average molecular weight is 240 g/mol. The molecule has 0 amide bonds. The van der Waals surface area contributed by atoms with Crippen molar-refractivity contribution in [3.8, 4) is 0 Å². The minimum absolute atomic E-state index is 0.243. The lowest BCUT2D eigenvalue weighted by Crippen LogP contribution is -2.17. The second-order valence-electron chi connectivity index (χ2n) is 4.17. The Morgan fingerprint density at radius 1 is 1.75 bits per heavy atom. The molecule has 1 aliphatic rings. The predicted molar refractivity (Wildman–Crippen MR) is 63.6 cm³/mol. The molecule has 1 aromatic heterocycles. The zero-order valence-electron chi connectivity index (χ0n) is 9.53. The number of carbonyl (C=O) groups excluding carboxylic acids is 1. The Labute approximate surface area is 99.0 Å². The van der Waals surface area contributed by atoms with Gasteiger partial charge in [-0.1, -0.05) is 0 Å². The highest BCUT2D eigenvalue weighted by molar-refractivity contribution is 7.13. The van der Waals surface area contributed by atoms with Gasteiger partial charge in [-0.15, -0.1) is 11.3 Å². The van der Waals surface area contributed by atoms with Crippen LogP contribution in [0.5, 0.6) is 0 Å². The molecule has 16 heavy (non-hydrogen) atoms. The molecule has 0 saturated heterocycles. The quantitative estimate of drug-likeness (QED) is 0.800. The number of anilines is 1. The van der Waals surface area contributed by atoms with Gasteiger partial charge in [0.1, 0.15) is 0 Å². The first-order chi connectivity index (χ1) is 7.69. The fourth-order valence-corrected chi connectivity index (χ4v) is 2.39. The zero-order valence-corrected chi connectivity index (χ0v) is 10.3. The van der Waals surface area contributed by atoms with E-state index in [9.17, 15) is 4.79 Å². The van der Waals surface area contributed by atoms with E-state index in [0.717, 1.165) is 16.7 Å². The third kappa shape index (κ3) is 2.95. The van der Waals surface area contributed by atoms with Crippen LogP contribution in [0.3, 0.4) is 0 Å². The molecule has 5 heteroatoms. The zero-order chi connectivity index (χ0) is 11.5. The summed E-state index contributed by atoms with van der Waals surface area (Å²) in [6.45, 7) is 2.18. The Kier molecular flexibility index (Phi) is 3.43. The summed E-state index contributed by atoms with van der Waals surface area (Å²) in [5.41, 5.74) is 0.780. The second-order valence-corrected chi connectivity index (χ2v) is 5.03. The Morgan fingerprint density at radius 2 is 2.50 bits per heavy atom. The summed E-state index contributed by atoms with van der Waals surface area (Å²) in [7, 11) is 1.39. The molecule has 1 atom stereocenters. The SMILES string of the molecule is COC(=O)Cc1csc(NC(C)C2CC2)n1. The van der Waals surface area contributed by atoms with Crippen LogP contribution in [0.2, 0.25) is 0 Å². The van der Waals surface area contributed by atoms with Crippen LogP contribution >= 0.6 is 11.3 Å². The number of hydrogen-bond acceptors (Lipinski definition) is 5. The van der Waals surface area contributed by atoms with E-state index >= 15 is 0 Å². The van der Waals surface area contributed by atoms with E-state index in [1.54, 1.807) is 11.3 Å². The van der Waals surface area contributed by atoms with E-state index in [-0.39, 0.29) is 12.4 Å². The molecule has 1 aromatic rings. The highest BCUT2D eigenvalue weighted by Gasteiger charge is 2.28. The van der Waals surface area contributed by atoms with Gasteiger partial charge in [0, 0.05) is 11.4 Å². The highest BCUT2D eigenvalue weighted by Crippen LogP contribution is 2.34. The van der Waals surface area contributed by atoms with Gasteiger partial charge in [0.15, 0.2) is 5.13 Å². The van der Waals surface area contributed by atoms with Gasteiger partial charge in [0.25, 0.3) is 0 Å². The number of thiazole rings is 1. The Morgan fingerprint density at radius 3 is 3.12 bits per heavy atom. The molecule has 88 valence electrons. The first kappa shape index (κ1) is 11.4. The van der Waals surface area contributed by atoms with E-state index in [0.29, 0.717) is 6.04 Å². The Bertz CT molecular complexity index is 374. The molecule has 0 radical (unpaired) electrons. The molecule has 1 N–H and O–H groups in total. The third-order valence-corrected chi connectivity index (χ3v) is 3.61. The molecule has 1 aliphatic carbocycles. The monoisotopic (exact) mass is 240 g/mol. The summed E-state index contributed by atoms with van der Waals surface area (Å²) >= 11 is 1.55. The van der Waals surface area contributed by atoms with Gasteiger partial charge in [0.05, 0.1) is 19.2 Å². The molecule has 0 bridgehead atoms. The molecule has 2 rings (SSSR count). The van der Waals surface area contributed by atoms with E-state index < -0.39 is 0 Å². The second kappa shape index (κ2) is 4.82. The van der Waals surface area contributed by atoms with Gasteiger partial charge in [0.2, 0.25) is 0 Å². The number of esters is 1. The van der Waals surface area contributed by atoms with Crippen molar-refractivity contribution in [2.24, 2.45) is 5.92 Å². The number of ether oxygens (including phenoxy) is 1. The van der Waals surface area contributed by atoms with Crippen molar-refractivity contribution in [2.45, 2.75) is 32.2 Å². The van der Waals surface area contributed by atoms with Crippen LogP contribution in [0.4, 0.5) is 5.13 Å². The summed E-state index contributed by atoms with van der Waals surface area (Å²) in [4.78, 5) is 15.4. The van der Waals surface area contributed by atoms with E-state index in [1.807, 2.05) is 5.38 Å². The summed E-state index contributed by atoms with van der Waals surface area (Å²) in [6.07, 6.45) is 2.88. The lowest BCUT2D eigenvalue weighted by atomic mass is 10.2. The van der Waals surface area contributed by atoms with Gasteiger partial charge in [-0.2, -0.15) is 0 Å². The minimum Gasteiger partial charge on any atom is -0.469 e. The van der Waals surface area contributed by atoms with E-state index in [1.165, 1.54) is 20.0 Å². The van der Waals surface area contributed by atoms with Gasteiger partial charge in [-0.25, -0.2) is 4.98 Å². The number of rotatable bonds is 5. The molecular formula is C11H16N2O2S. The summed E-state index contributed by atoms with van der Waals surface area (Å²) in [6, 6.07) is 0.483. The first-order valence-electron chi connectivity index (χ1n) is 5.47. The number of nitrogens with one attached hydrogen (secondary N) is 1. The molecule has 0 aliphatic heterocycles. The maximum atomic E-state index is 11.1. The third-order valence-electron chi connectivity index (χ3n) is 2.79. The Hall–Kier alpha value is -1.10. The molecular weight excluding hydrogens is 224 g/mol. The summed E-state index contributed by atoms with van der Waals surface area (Å²) in [5.74, 6) is 0.556. The minimum atomic E-state index is -0.243. The molecule has 0 spiro atoms.